The molecule has 1 heterocycles. The molecular weight excluding hydrogens is 290 g/mol. The van der Waals surface area contributed by atoms with Gasteiger partial charge in [0.05, 0.1) is 0 Å². The Kier molecular flexibility index (Phi) is 4.89. The first-order valence-electron chi connectivity index (χ1n) is 8.92. The first-order valence-corrected chi connectivity index (χ1v) is 8.92. The summed E-state index contributed by atoms with van der Waals surface area (Å²) in [6, 6.07) is 19.7. The van der Waals surface area contributed by atoms with Crippen LogP contribution in [0.25, 0.3) is 17.0 Å². The molecule has 0 aliphatic heterocycles. The van der Waals surface area contributed by atoms with Crippen LogP contribution < -0.4 is 0 Å². The van der Waals surface area contributed by atoms with E-state index in [9.17, 15) is 0 Å². The monoisotopic (exact) mass is 317 g/mol. The Morgan fingerprint density at radius 3 is 2.58 bits per heavy atom. The standard InChI is InChI=1S/C23H27N/c1-4-5-15-23(2,16-13-19-9-7-6-8-10-19)21-11-12-22-20(18-21)14-17-24(22)3/h6-14,16-18H,4-5,15H2,1-3H3/b16-13+/t23-/m0/s1. The summed E-state index contributed by atoms with van der Waals surface area (Å²) in [5.41, 5.74) is 4.03. The average Bonchev–Trinajstić information content (AvgIpc) is 3.00. The van der Waals surface area contributed by atoms with Crippen LogP contribution in [0.15, 0.2) is 66.9 Å². The zero-order valence-electron chi connectivity index (χ0n) is 15.0. The van der Waals surface area contributed by atoms with E-state index in [4.69, 9.17) is 0 Å². The van der Waals surface area contributed by atoms with Gasteiger partial charge in [0.1, 0.15) is 0 Å². The number of aryl methyl sites for hydroxylation is 1. The largest absolute Gasteiger partial charge is 0.351 e. The molecule has 1 aromatic heterocycles. The second-order valence-corrected chi connectivity index (χ2v) is 6.97. The normalized spacial score (nSPS) is 14.3. The van der Waals surface area contributed by atoms with Gasteiger partial charge in [-0.05, 0) is 41.1 Å². The maximum absolute atomic E-state index is 2.39. The molecule has 0 fully saturated rings. The second-order valence-electron chi connectivity index (χ2n) is 6.97. The van der Waals surface area contributed by atoms with E-state index in [0.717, 1.165) is 0 Å². The van der Waals surface area contributed by atoms with Crippen molar-refractivity contribution in [3.63, 3.8) is 0 Å². The molecule has 0 saturated heterocycles. The van der Waals surface area contributed by atoms with Crippen molar-refractivity contribution >= 4 is 17.0 Å². The number of benzene rings is 2. The zero-order chi connectivity index (χ0) is 17.0. The van der Waals surface area contributed by atoms with E-state index in [2.05, 4.69) is 98.4 Å². The smallest absolute Gasteiger partial charge is 0.0477 e. The highest BCUT2D eigenvalue weighted by atomic mass is 14.9. The third-order valence-corrected chi connectivity index (χ3v) is 5.04. The summed E-state index contributed by atoms with van der Waals surface area (Å²) < 4.78 is 2.18. The number of aromatic nitrogens is 1. The molecule has 3 aromatic rings. The van der Waals surface area contributed by atoms with Crippen LogP contribution in [0.4, 0.5) is 0 Å². The molecule has 0 aliphatic rings. The molecule has 2 aromatic carbocycles. The minimum atomic E-state index is 0.0654. The molecule has 1 atom stereocenters. The van der Waals surface area contributed by atoms with Crippen molar-refractivity contribution in [3.05, 3.63) is 78.0 Å². The van der Waals surface area contributed by atoms with Crippen molar-refractivity contribution in [1.29, 1.82) is 0 Å². The molecule has 0 spiro atoms. The van der Waals surface area contributed by atoms with Crippen molar-refractivity contribution in [2.45, 2.75) is 38.5 Å². The van der Waals surface area contributed by atoms with Crippen LogP contribution in [0.2, 0.25) is 0 Å². The lowest BCUT2D eigenvalue weighted by atomic mass is 9.77. The molecule has 1 heteroatoms. The fourth-order valence-electron chi connectivity index (χ4n) is 3.35. The Morgan fingerprint density at radius 2 is 1.83 bits per heavy atom. The van der Waals surface area contributed by atoms with Gasteiger partial charge in [0, 0.05) is 24.2 Å². The fourth-order valence-corrected chi connectivity index (χ4v) is 3.35. The maximum Gasteiger partial charge on any atom is 0.0477 e. The molecular formula is C23H27N. The third kappa shape index (κ3) is 3.46. The van der Waals surface area contributed by atoms with Crippen molar-refractivity contribution < 1.29 is 0 Å². The number of fused-ring (bicyclic) bond motifs is 1. The van der Waals surface area contributed by atoms with Gasteiger partial charge in [0.25, 0.3) is 0 Å². The number of hydrogen-bond donors (Lipinski definition) is 0. The maximum atomic E-state index is 2.39. The highest BCUT2D eigenvalue weighted by Crippen LogP contribution is 2.34. The molecule has 3 rings (SSSR count). The highest BCUT2D eigenvalue weighted by Gasteiger charge is 2.23. The van der Waals surface area contributed by atoms with Gasteiger partial charge in [-0.3, -0.25) is 0 Å². The van der Waals surface area contributed by atoms with Gasteiger partial charge in [0.15, 0.2) is 0 Å². The van der Waals surface area contributed by atoms with Gasteiger partial charge in [-0.2, -0.15) is 0 Å². The van der Waals surface area contributed by atoms with Crippen LogP contribution in [0.3, 0.4) is 0 Å². The summed E-state index contributed by atoms with van der Waals surface area (Å²) in [5, 5.41) is 1.32. The van der Waals surface area contributed by atoms with Crippen molar-refractivity contribution in [2.24, 2.45) is 7.05 Å². The van der Waals surface area contributed by atoms with E-state index in [1.54, 1.807) is 0 Å². The van der Waals surface area contributed by atoms with E-state index in [1.165, 1.54) is 41.3 Å². The molecule has 0 unspecified atom stereocenters. The van der Waals surface area contributed by atoms with Crippen LogP contribution in [-0.2, 0) is 12.5 Å². The van der Waals surface area contributed by atoms with E-state index in [-0.39, 0.29) is 5.41 Å². The quantitative estimate of drug-likeness (QED) is 0.500. The lowest BCUT2D eigenvalue weighted by Gasteiger charge is -2.27. The third-order valence-electron chi connectivity index (χ3n) is 5.04. The summed E-state index contributed by atoms with van der Waals surface area (Å²) >= 11 is 0. The minimum absolute atomic E-state index is 0.0654. The summed E-state index contributed by atoms with van der Waals surface area (Å²) in [5.74, 6) is 0. The molecule has 1 nitrogen and oxygen atoms in total. The molecule has 24 heavy (non-hydrogen) atoms. The SMILES string of the molecule is CCCC[C@@](C)(/C=C/c1ccccc1)c1ccc2c(ccn2C)c1. The van der Waals surface area contributed by atoms with Gasteiger partial charge in [0.2, 0.25) is 0 Å². The minimum Gasteiger partial charge on any atom is -0.351 e. The first kappa shape index (κ1) is 16.6. The molecule has 0 N–H and O–H groups in total. The topological polar surface area (TPSA) is 4.93 Å². The Balaban J connectivity index is 1.98. The predicted octanol–water partition coefficient (Wildman–Crippen LogP) is 6.34. The Morgan fingerprint density at radius 1 is 1.04 bits per heavy atom. The van der Waals surface area contributed by atoms with Gasteiger partial charge in [-0.15, -0.1) is 0 Å². The van der Waals surface area contributed by atoms with E-state index in [1.807, 2.05) is 0 Å². The summed E-state index contributed by atoms with van der Waals surface area (Å²) in [6.07, 6.45) is 10.4. The summed E-state index contributed by atoms with van der Waals surface area (Å²) in [6.45, 7) is 4.63. The highest BCUT2D eigenvalue weighted by molar-refractivity contribution is 5.81. The van der Waals surface area contributed by atoms with Crippen LogP contribution >= 0.6 is 0 Å². The van der Waals surface area contributed by atoms with E-state index in [0.29, 0.717) is 0 Å². The Hall–Kier alpha value is -2.28. The van der Waals surface area contributed by atoms with Crippen LogP contribution in [0, 0.1) is 0 Å². The number of unbranched alkanes of at least 4 members (excludes halogenated alkanes) is 1. The van der Waals surface area contributed by atoms with Crippen LogP contribution in [0.1, 0.15) is 44.2 Å². The lowest BCUT2D eigenvalue weighted by Crippen LogP contribution is -2.18. The first-order chi connectivity index (χ1) is 11.6. The average molecular weight is 317 g/mol. The molecule has 0 amide bonds. The van der Waals surface area contributed by atoms with Crippen LogP contribution in [-0.4, -0.2) is 4.57 Å². The number of allylic oxidation sites excluding steroid dienone is 1. The van der Waals surface area contributed by atoms with Gasteiger partial charge < -0.3 is 4.57 Å². The van der Waals surface area contributed by atoms with E-state index < -0.39 is 0 Å². The van der Waals surface area contributed by atoms with Gasteiger partial charge in [-0.25, -0.2) is 0 Å². The zero-order valence-corrected chi connectivity index (χ0v) is 15.0. The van der Waals surface area contributed by atoms with Gasteiger partial charge >= 0.3 is 0 Å². The summed E-state index contributed by atoms with van der Waals surface area (Å²) in [4.78, 5) is 0. The summed E-state index contributed by atoms with van der Waals surface area (Å²) in [7, 11) is 2.10. The molecule has 0 bridgehead atoms. The van der Waals surface area contributed by atoms with Crippen molar-refractivity contribution in [3.8, 4) is 0 Å². The fraction of sp³-hybridized carbons (Fsp3) is 0.304. The van der Waals surface area contributed by atoms with Gasteiger partial charge in [-0.1, -0.05) is 75.2 Å². The Bertz CT molecular complexity index is 826. The molecule has 124 valence electrons. The number of nitrogens with zero attached hydrogens (tertiary/aromatic N) is 1. The lowest BCUT2D eigenvalue weighted by molar-refractivity contribution is 0.512. The molecule has 0 saturated carbocycles. The molecule has 0 aliphatic carbocycles. The predicted molar refractivity (Wildman–Crippen MR) is 105 cm³/mol. The van der Waals surface area contributed by atoms with Crippen molar-refractivity contribution in [2.75, 3.05) is 0 Å². The Labute approximate surface area is 145 Å². The molecule has 0 radical (unpaired) electrons. The van der Waals surface area contributed by atoms with Crippen molar-refractivity contribution in [1.82, 2.24) is 4.57 Å². The number of hydrogen-bond acceptors (Lipinski definition) is 0. The van der Waals surface area contributed by atoms with Crippen LogP contribution in [0.5, 0.6) is 0 Å². The number of rotatable bonds is 6. The second kappa shape index (κ2) is 7.09. The van der Waals surface area contributed by atoms with E-state index >= 15 is 0 Å².